The molecule has 4 aromatic rings. The quantitative estimate of drug-likeness (QED) is 0.429. The minimum Gasteiger partial charge on any atom is -0.461 e. The van der Waals surface area contributed by atoms with E-state index in [0.29, 0.717) is 33.7 Å². The van der Waals surface area contributed by atoms with Gasteiger partial charge in [-0.15, -0.1) is 0 Å². The van der Waals surface area contributed by atoms with Gasteiger partial charge in [0.05, 0.1) is 18.3 Å². The molecule has 2 aromatic heterocycles. The van der Waals surface area contributed by atoms with E-state index in [2.05, 4.69) is 21.5 Å². The van der Waals surface area contributed by atoms with Crippen LogP contribution >= 0.6 is 11.6 Å². The van der Waals surface area contributed by atoms with Crippen molar-refractivity contribution in [2.24, 2.45) is 0 Å². The van der Waals surface area contributed by atoms with Gasteiger partial charge in [0, 0.05) is 23.6 Å². The number of nitrogens with zero attached hydrogens (tertiary/aromatic N) is 3. The highest BCUT2D eigenvalue weighted by Gasteiger charge is 2.17. The van der Waals surface area contributed by atoms with E-state index in [4.69, 9.17) is 20.5 Å². The summed E-state index contributed by atoms with van der Waals surface area (Å²) in [6, 6.07) is 20.3. The van der Waals surface area contributed by atoms with Crippen molar-refractivity contribution in [2.75, 3.05) is 5.32 Å². The molecule has 0 aliphatic heterocycles. The fourth-order valence-electron chi connectivity index (χ4n) is 3.11. The molecule has 0 bridgehead atoms. The molecule has 31 heavy (non-hydrogen) atoms. The van der Waals surface area contributed by atoms with E-state index >= 15 is 0 Å². The Morgan fingerprint density at radius 2 is 2.00 bits per heavy atom. The molecule has 0 aliphatic rings. The molecule has 0 aliphatic carbocycles. The number of nitrogens with one attached hydrogen (secondary N) is 1. The maximum atomic E-state index is 12.3. The van der Waals surface area contributed by atoms with Gasteiger partial charge in [0.25, 0.3) is 0 Å². The number of anilines is 1. The van der Waals surface area contributed by atoms with Crippen molar-refractivity contribution in [1.82, 2.24) is 10.1 Å². The third-order valence-electron chi connectivity index (χ3n) is 4.63. The largest absolute Gasteiger partial charge is 0.461 e. The molecule has 4 rings (SSSR count). The summed E-state index contributed by atoms with van der Waals surface area (Å²) in [6.45, 7) is 0. The molecule has 1 atom stereocenters. The summed E-state index contributed by atoms with van der Waals surface area (Å²) >= 11 is 6.42. The summed E-state index contributed by atoms with van der Waals surface area (Å²) in [6.07, 6.45) is 1.97. The third-order valence-corrected chi connectivity index (χ3v) is 4.96. The number of aryl methyl sites for hydroxylation is 1. The van der Waals surface area contributed by atoms with E-state index in [1.807, 2.05) is 30.3 Å². The SMILES string of the molecule is N#CC(c1ccccc1)c1ccc(NC(=O)CCc2nc(-c3ccco3)no2)cc1Cl. The first-order chi connectivity index (χ1) is 15.1. The van der Waals surface area contributed by atoms with E-state index in [-0.39, 0.29) is 18.7 Å². The lowest BCUT2D eigenvalue weighted by Crippen LogP contribution is -2.12. The molecular weight excluding hydrogens is 416 g/mol. The van der Waals surface area contributed by atoms with E-state index in [1.54, 1.807) is 30.3 Å². The normalized spacial score (nSPS) is 11.6. The van der Waals surface area contributed by atoms with Gasteiger partial charge < -0.3 is 14.3 Å². The highest BCUT2D eigenvalue weighted by molar-refractivity contribution is 6.31. The molecular formula is C23H17ClN4O3. The Bertz CT molecular complexity index is 1210. The van der Waals surface area contributed by atoms with Crippen LogP contribution in [0.1, 0.15) is 29.4 Å². The number of carbonyl (C=O) groups is 1. The summed E-state index contributed by atoms with van der Waals surface area (Å²) in [5.41, 5.74) is 2.09. The summed E-state index contributed by atoms with van der Waals surface area (Å²) in [5.74, 6) is 0.476. The molecule has 1 N–H and O–H groups in total. The minimum absolute atomic E-state index is 0.157. The molecule has 154 valence electrons. The first kappa shape index (κ1) is 20.4. The number of nitriles is 1. The number of rotatable bonds is 7. The second-order valence-corrected chi connectivity index (χ2v) is 7.15. The molecule has 0 saturated carbocycles. The van der Waals surface area contributed by atoms with Crippen LogP contribution in [0.2, 0.25) is 5.02 Å². The van der Waals surface area contributed by atoms with Crippen molar-refractivity contribution in [3.05, 3.63) is 89.0 Å². The van der Waals surface area contributed by atoms with Crippen molar-refractivity contribution in [1.29, 1.82) is 5.26 Å². The maximum Gasteiger partial charge on any atom is 0.238 e. The first-order valence-corrected chi connectivity index (χ1v) is 9.92. The molecule has 2 aromatic carbocycles. The van der Waals surface area contributed by atoms with E-state index in [1.165, 1.54) is 6.26 Å². The van der Waals surface area contributed by atoms with Crippen molar-refractivity contribution in [2.45, 2.75) is 18.8 Å². The van der Waals surface area contributed by atoms with Gasteiger partial charge in [-0.3, -0.25) is 4.79 Å². The number of furan rings is 1. The highest BCUT2D eigenvalue weighted by atomic mass is 35.5. The average molecular weight is 433 g/mol. The van der Waals surface area contributed by atoms with Gasteiger partial charge in [-0.2, -0.15) is 10.2 Å². The lowest BCUT2D eigenvalue weighted by Gasteiger charge is -2.13. The third kappa shape index (κ3) is 4.82. The van der Waals surface area contributed by atoms with Crippen LogP contribution in [0.3, 0.4) is 0 Å². The van der Waals surface area contributed by atoms with Crippen LogP contribution in [0.4, 0.5) is 5.69 Å². The lowest BCUT2D eigenvalue weighted by molar-refractivity contribution is -0.116. The van der Waals surface area contributed by atoms with Gasteiger partial charge in [0.2, 0.25) is 17.6 Å². The van der Waals surface area contributed by atoms with Crippen LogP contribution in [-0.4, -0.2) is 16.0 Å². The molecule has 0 radical (unpaired) electrons. The monoisotopic (exact) mass is 432 g/mol. The average Bonchev–Trinajstić information content (AvgIpc) is 3.47. The van der Waals surface area contributed by atoms with Crippen LogP contribution in [0, 0.1) is 11.3 Å². The van der Waals surface area contributed by atoms with E-state index in [0.717, 1.165) is 5.56 Å². The van der Waals surface area contributed by atoms with E-state index in [9.17, 15) is 10.1 Å². The van der Waals surface area contributed by atoms with E-state index < -0.39 is 5.92 Å². The van der Waals surface area contributed by atoms with Crippen molar-refractivity contribution >= 4 is 23.2 Å². The van der Waals surface area contributed by atoms with Crippen LogP contribution in [0.5, 0.6) is 0 Å². The second-order valence-electron chi connectivity index (χ2n) is 6.75. The van der Waals surface area contributed by atoms with Crippen LogP contribution < -0.4 is 5.32 Å². The zero-order valence-electron chi connectivity index (χ0n) is 16.3. The fraction of sp³-hybridized carbons (Fsp3) is 0.130. The Kier molecular flexibility index (Phi) is 6.11. The van der Waals surface area contributed by atoms with Gasteiger partial charge in [0.1, 0.15) is 0 Å². The summed E-state index contributed by atoms with van der Waals surface area (Å²) in [5, 5.41) is 16.7. The van der Waals surface area contributed by atoms with Crippen LogP contribution in [0.15, 0.2) is 75.9 Å². The van der Waals surface area contributed by atoms with Gasteiger partial charge in [0.15, 0.2) is 5.76 Å². The summed E-state index contributed by atoms with van der Waals surface area (Å²) in [4.78, 5) is 16.5. The predicted molar refractivity (Wildman–Crippen MR) is 114 cm³/mol. The Morgan fingerprint density at radius 1 is 1.16 bits per heavy atom. The topological polar surface area (TPSA) is 105 Å². The molecule has 7 nitrogen and oxygen atoms in total. The minimum atomic E-state index is -0.487. The molecule has 0 spiro atoms. The zero-order chi connectivity index (χ0) is 21.6. The van der Waals surface area contributed by atoms with Crippen LogP contribution in [0.25, 0.3) is 11.6 Å². The lowest BCUT2D eigenvalue weighted by atomic mass is 9.92. The number of carbonyl (C=O) groups excluding carboxylic acids is 1. The van der Waals surface area contributed by atoms with Crippen molar-refractivity contribution in [3.8, 4) is 17.7 Å². The number of aromatic nitrogens is 2. The van der Waals surface area contributed by atoms with Gasteiger partial charge in [-0.05, 0) is 35.4 Å². The Labute approximate surface area is 183 Å². The van der Waals surface area contributed by atoms with Crippen molar-refractivity contribution < 1.29 is 13.7 Å². The number of hydrogen-bond acceptors (Lipinski definition) is 6. The number of amides is 1. The Balaban J connectivity index is 1.38. The Morgan fingerprint density at radius 3 is 2.71 bits per heavy atom. The predicted octanol–water partition coefficient (Wildman–Crippen LogP) is 5.21. The molecule has 1 amide bonds. The van der Waals surface area contributed by atoms with Gasteiger partial charge in [-0.1, -0.05) is 53.2 Å². The fourth-order valence-corrected chi connectivity index (χ4v) is 3.40. The molecule has 0 fully saturated rings. The number of benzene rings is 2. The van der Waals surface area contributed by atoms with Crippen molar-refractivity contribution in [3.63, 3.8) is 0 Å². The molecule has 8 heteroatoms. The number of hydrogen-bond donors (Lipinski definition) is 1. The van der Waals surface area contributed by atoms with Gasteiger partial charge >= 0.3 is 0 Å². The smallest absolute Gasteiger partial charge is 0.238 e. The second kappa shape index (κ2) is 9.28. The maximum absolute atomic E-state index is 12.3. The Hall–Kier alpha value is -3.89. The highest BCUT2D eigenvalue weighted by Crippen LogP contribution is 2.31. The standard InChI is InChI=1S/C23H17ClN4O3/c24-19-13-16(8-9-17(19)18(14-25)15-5-2-1-3-6-15)26-21(29)10-11-22-27-23(28-31-22)20-7-4-12-30-20/h1-9,12-13,18H,10-11H2,(H,26,29). The summed E-state index contributed by atoms with van der Waals surface area (Å²) < 4.78 is 10.4. The summed E-state index contributed by atoms with van der Waals surface area (Å²) in [7, 11) is 0. The van der Waals surface area contributed by atoms with Crippen LogP contribution in [-0.2, 0) is 11.2 Å². The van der Waals surface area contributed by atoms with Gasteiger partial charge in [-0.25, -0.2) is 0 Å². The molecule has 2 heterocycles. The first-order valence-electron chi connectivity index (χ1n) is 9.54. The number of halogens is 1. The molecule has 0 saturated heterocycles. The molecule has 1 unspecified atom stereocenters. The zero-order valence-corrected chi connectivity index (χ0v) is 17.0.